The van der Waals surface area contributed by atoms with Crippen LogP contribution in [0.2, 0.25) is 0 Å². The second-order valence-electron chi connectivity index (χ2n) is 7.56. The number of hydrogen-bond donors (Lipinski definition) is 1. The molecule has 8 heteroatoms. The Morgan fingerprint density at radius 3 is 2.70 bits per heavy atom. The number of halogens is 3. The number of esters is 2. The summed E-state index contributed by atoms with van der Waals surface area (Å²) in [5, 5.41) is 9.77. The summed E-state index contributed by atoms with van der Waals surface area (Å²) in [6.45, 7) is 3.03. The Morgan fingerprint density at radius 2 is 2.10 bits per heavy atom. The van der Waals surface area contributed by atoms with E-state index in [-0.39, 0.29) is 30.1 Å². The van der Waals surface area contributed by atoms with Crippen LogP contribution < -0.4 is 0 Å². The summed E-state index contributed by atoms with van der Waals surface area (Å²) in [6, 6.07) is 4.56. The van der Waals surface area contributed by atoms with Gasteiger partial charge in [-0.15, -0.1) is 0 Å². The molecule has 1 aliphatic heterocycles. The molecule has 0 aliphatic carbocycles. The number of alkyl halides is 3. The minimum atomic E-state index is -4.50. The Kier molecular flexibility index (Phi) is 8.06. The number of aliphatic hydroxyl groups excluding tert-OH is 1. The van der Waals surface area contributed by atoms with E-state index in [1.54, 1.807) is 0 Å². The summed E-state index contributed by atoms with van der Waals surface area (Å²) >= 11 is 0. The minimum absolute atomic E-state index is 0.0718. The van der Waals surface area contributed by atoms with Crippen molar-refractivity contribution in [1.29, 1.82) is 0 Å². The van der Waals surface area contributed by atoms with Gasteiger partial charge in [-0.1, -0.05) is 38.8 Å². The zero-order valence-electron chi connectivity index (χ0n) is 17.1. The number of unbranched alkanes of at least 4 members (excludes halogenated alkanes) is 1. The van der Waals surface area contributed by atoms with E-state index in [4.69, 9.17) is 9.47 Å². The molecule has 0 radical (unpaired) electrons. The average Bonchev–Trinajstić information content (AvgIpc) is 3.02. The van der Waals surface area contributed by atoms with Crippen molar-refractivity contribution >= 4 is 18.0 Å². The molecule has 1 aliphatic rings. The highest BCUT2D eigenvalue weighted by Crippen LogP contribution is 2.34. The van der Waals surface area contributed by atoms with Crippen LogP contribution in [-0.2, 0) is 25.2 Å². The zero-order chi connectivity index (χ0) is 22.4. The first-order valence-electron chi connectivity index (χ1n) is 10.0. The van der Waals surface area contributed by atoms with Crippen molar-refractivity contribution in [3.05, 3.63) is 41.0 Å². The summed E-state index contributed by atoms with van der Waals surface area (Å²) in [4.78, 5) is 24.6. The normalized spacial score (nSPS) is 21.5. The van der Waals surface area contributed by atoms with Gasteiger partial charge in [-0.25, -0.2) is 4.79 Å². The highest BCUT2D eigenvalue weighted by molar-refractivity contribution is 5.96. The summed E-state index contributed by atoms with van der Waals surface area (Å²) < 4.78 is 49.3. The maximum absolute atomic E-state index is 12.9. The van der Waals surface area contributed by atoms with Crippen LogP contribution in [0, 0.1) is 5.92 Å². The van der Waals surface area contributed by atoms with Gasteiger partial charge in [-0.05, 0) is 36.6 Å². The second kappa shape index (κ2) is 10.1. The van der Waals surface area contributed by atoms with Crippen LogP contribution in [0.5, 0.6) is 0 Å². The van der Waals surface area contributed by atoms with Crippen LogP contribution in [0.25, 0.3) is 6.08 Å². The monoisotopic (exact) mass is 428 g/mol. The lowest BCUT2D eigenvalue weighted by Gasteiger charge is -2.25. The van der Waals surface area contributed by atoms with Gasteiger partial charge in [0.15, 0.2) is 5.60 Å². The predicted octanol–water partition coefficient (Wildman–Crippen LogP) is 4.53. The van der Waals surface area contributed by atoms with Gasteiger partial charge < -0.3 is 14.6 Å². The number of rotatable bonds is 9. The lowest BCUT2D eigenvalue weighted by molar-refractivity contribution is -0.169. The van der Waals surface area contributed by atoms with Gasteiger partial charge in [0.1, 0.15) is 6.61 Å². The van der Waals surface area contributed by atoms with Gasteiger partial charge in [-0.3, -0.25) is 4.79 Å². The van der Waals surface area contributed by atoms with Gasteiger partial charge >= 0.3 is 18.1 Å². The first-order chi connectivity index (χ1) is 14.1. The van der Waals surface area contributed by atoms with Crippen LogP contribution in [-0.4, -0.2) is 35.9 Å². The summed E-state index contributed by atoms with van der Waals surface area (Å²) in [7, 11) is 0. The summed E-state index contributed by atoms with van der Waals surface area (Å²) in [6.07, 6.45) is -0.126. The van der Waals surface area contributed by atoms with Gasteiger partial charge in [0.25, 0.3) is 0 Å². The van der Waals surface area contributed by atoms with Crippen LogP contribution in [0.4, 0.5) is 13.2 Å². The third kappa shape index (κ3) is 6.08. The van der Waals surface area contributed by atoms with Crippen molar-refractivity contribution in [2.75, 3.05) is 13.2 Å². The fourth-order valence-electron chi connectivity index (χ4n) is 3.31. The Labute approximate surface area is 173 Å². The topological polar surface area (TPSA) is 72.8 Å². The number of ether oxygens (including phenoxy) is 2. The molecule has 0 saturated carbocycles. The molecule has 1 aromatic carbocycles. The molecular formula is C22H27F3O5. The summed E-state index contributed by atoms with van der Waals surface area (Å²) in [5.74, 6) is -1.43. The van der Waals surface area contributed by atoms with E-state index in [9.17, 15) is 27.9 Å². The molecule has 0 amide bonds. The van der Waals surface area contributed by atoms with Crippen molar-refractivity contribution in [3.8, 4) is 0 Å². The minimum Gasteiger partial charge on any atom is -0.461 e. The maximum atomic E-state index is 12.9. The van der Waals surface area contributed by atoms with E-state index in [1.165, 1.54) is 18.2 Å². The molecule has 1 N–H and O–H groups in total. The van der Waals surface area contributed by atoms with E-state index >= 15 is 0 Å². The second-order valence-corrected chi connectivity index (χ2v) is 7.56. The molecule has 1 saturated heterocycles. The molecule has 1 aromatic rings. The van der Waals surface area contributed by atoms with Gasteiger partial charge in [0.2, 0.25) is 0 Å². The predicted molar refractivity (Wildman–Crippen MR) is 104 cm³/mol. The van der Waals surface area contributed by atoms with Crippen molar-refractivity contribution in [3.63, 3.8) is 0 Å². The lowest BCUT2D eigenvalue weighted by Crippen LogP contribution is -2.40. The first-order valence-corrected chi connectivity index (χ1v) is 10.0. The highest BCUT2D eigenvalue weighted by Gasteiger charge is 2.45. The third-order valence-electron chi connectivity index (χ3n) is 5.14. The first kappa shape index (κ1) is 23.9. The molecule has 0 spiro atoms. The summed E-state index contributed by atoms with van der Waals surface area (Å²) in [5.41, 5.74) is -1.96. The third-order valence-corrected chi connectivity index (χ3v) is 5.14. The number of benzene rings is 1. The van der Waals surface area contributed by atoms with Gasteiger partial charge in [0, 0.05) is 12.0 Å². The molecule has 2 unspecified atom stereocenters. The lowest BCUT2D eigenvalue weighted by atomic mass is 9.97. The Hall–Kier alpha value is -2.35. The molecular weight excluding hydrogens is 401 g/mol. The quantitative estimate of drug-likeness (QED) is 0.462. The van der Waals surface area contributed by atoms with Crippen LogP contribution in [0.3, 0.4) is 0 Å². The molecule has 1 fully saturated rings. The molecule has 0 aromatic heterocycles. The van der Waals surface area contributed by atoms with Crippen molar-refractivity contribution in [2.45, 2.75) is 57.7 Å². The molecule has 5 nitrogen and oxygen atoms in total. The largest absolute Gasteiger partial charge is 0.461 e. The van der Waals surface area contributed by atoms with Crippen molar-refractivity contribution < 1.29 is 37.3 Å². The highest BCUT2D eigenvalue weighted by atomic mass is 19.4. The van der Waals surface area contributed by atoms with Gasteiger partial charge in [-0.2, -0.15) is 13.2 Å². The van der Waals surface area contributed by atoms with Crippen LogP contribution in [0.15, 0.2) is 29.8 Å². The number of carbonyl (C=O) groups excluding carboxylic acids is 2. The Balaban J connectivity index is 2.11. The zero-order valence-corrected chi connectivity index (χ0v) is 17.1. The van der Waals surface area contributed by atoms with E-state index in [1.807, 2.05) is 13.8 Å². The Bertz CT molecular complexity index is 787. The number of cyclic esters (lactones) is 1. The maximum Gasteiger partial charge on any atom is 0.416 e. The van der Waals surface area contributed by atoms with E-state index in [0.29, 0.717) is 12.8 Å². The van der Waals surface area contributed by atoms with Gasteiger partial charge in [0.05, 0.1) is 18.1 Å². The van der Waals surface area contributed by atoms with Crippen LogP contribution >= 0.6 is 0 Å². The molecule has 0 bridgehead atoms. The van der Waals surface area contributed by atoms with Crippen molar-refractivity contribution in [2.24, 2.45) is 5.92 Å². The van der Waals surface area contributed by atoms with E-state index in [0.717, 1.165) is 25.0 Å². The van der Waals surface area contributed by atoms with Crippen LogP contribution in [0.1, 0.15) is 57.1 Å². The SMILES string of the molecule is CCCCC(CC)C(=O)OCC1(CO)C/C(=C\c2cccc(C(F)(F)F)c2)C(=O)O1. The fraction of sp³-hybridized carbons (Fsp3) is 0.545. The fourth-order valence-corrected chi connectivity index (χ4v) is 3.31. The number of aliphatic hydroxyl groups is 1. The smallest absolute Gasteiger partial charge is 0.416 e. The molecule has 30 heavy (non-hydrogen) atoms. The average molecular weight is 428 g/mol. The Morgan fingerprint density at radius 1 is 1.37 bits per heavy atom. The number of hydrogen-bond acceptors (Lipinski definition) is 5. The van der Waals surface area contributed by atoms with Crippen molar-refractivity contribution in [1.82, 2.24) is 0 Å². The molecule has 1 heterocycles. The molecule has 166 valence electrons. The van der Waals surface area contributed by atoms with E-state index in [2.05, 4.69) is 0 Å². The number of carbonyl (C=O) groups is 2. The van der Waals surface area contributed by atoms with E-state index < -0.39 is 35.9 Å². The standard InChI is InChI=1S/C22H27F3O5/c1-3-5-8-16(4-2)19(27)29-14-21(13-26)12-17(20(28)30-21)10-15-7-6-9-18(11-15)22(23,24)25/h6-7,9-11,16,26H,3-5,8,12-14H2,1-2H3/b17-10+. The molecule has 2 atom stereocenters. The molecule has 2 rings (SSSR count).